The second kappa shape index (κ2) is 10.8. The Morgan fingerprint density at radius 2 is 1.79 bits per heavy atom. The normalized spacial score (nSPS) is 12.1. The molecule has 0 aliphatic heterocycles. The predicted octanol–water partition coefficient (Wildman–Crippen LogP) is 4.07. The lowest BCUT2D eigenvalue weighted by Crippen LogP contribution is -2.25. The molecular formula is C21H29NO2. The Balaban J connectivity index is 1.81. The van der Waals surface area contributed by atoms with Gasteiger partial charge in [-0.2, -0.15) is 0 Å². The van der Waals surface area contributed by atoms with Crippen molar-refractivity contribution in [2.24, 2.45) is 5.92 Å². The van der Waals surface area contributed by atoms with Gasteiger partial charge in [0.05, 0.1) is 13.7 Å². The lowest BCUT2D eigenvalue weighted by atomic mass is 9.96. The fraction of sp³-hybridized carbons (Fsp3) is 0.429. The molecule has 1 N–H and O–H groups in total. The van der Waals surface area contributed by atoms with Gasteiger partial charge in [0, 0.05) is 6.61 Å². The van der Waals surface area contributed by atoms with E-state index in [4.69, 9.17) is 9.47 Å². The Labute approximate surface area is 146 Å². The molecule has 0 radical (unpaired) electrons. The quantitative estimate of drug-likeness (QED) is 0.631. The molecule has 1 unspecified atom stereocenters. The van der Waals surface area contributed by atoms with Gasteiger partial charge in [-0.05, 0) is 55.1 Å². The second-order valence-electron chi connectivity index (χ2n) is 6.06. The number of rotatable bonds is 11. The van der Waals surface area contributed by atoms with E-state index in [0.717, 1.165) is 38.3 Å². The summed E-state index contributed by atoms with van der Waals surface area (Å²) < 4.78 is 11.2. The smallest absolute Gasteiger partial charge is 0.119 e. The van der Waals surface area contributed by atoms with E-state index in [0.29, 0.717) is 12.5 Å². The van der Waals surface area contributed by atoms with Gasteiger partial charge in [-0.3, -0.25) is 0 Å². The highest BCUT2D eigenvalue weighted by Crippen LogP contribution is 2.18. The van der Waals surface area contributed by atoms with Crippen molar-refractivity contribution in [2.45, 2.75) is 26.4 Å². The van der Waals surface area contributed by atoms with E-state index in [1.807, 2.05) is 12.1 Å². The van der Waals surface area contributed by atoms with Crippen molar-refractivity contribution in [2.75, 3.05) is 26.8 Å². The summed E-state index contributed by atoms with van der Waals surface area (Å²) in [6.07, 6.45) is 2.09. The lowest BCUT2D eigenvalue weighted by molar-refractivity contribution is 0.107. The van der Waals surface area contributed by atoms with Gasteiger partial charge in [-0.15, -0.1) is 0 Å². The van der Waals surface area contributed by atoms with Crippen LogP contribution in [0.5, 0.6) is 5.75 Å². The fourth-order valence-electron chi connectivity index (χ4n) is 2.77. The van der Waals surface area contributed by atoms with E-state index >= 15 is 0 Å². The van der Waals surface area contributed by atoms with Crippen molar-refractivity contribution in [1.29, 1.82) is 0 Å². The van der Waals surface area contributed by atoms with E-state index < -0.39 is 0 Å². The molecule has 0 fully saturated rings. The SMILES string of the molecule is CCNCC(CCOCc1ccccc1)Cc1cccc(OC)c1. The topological polar surface area (TPSA) is 30.5 Å². The minimum atomic E-state index is 0.563. The summed E-state index contributed by atoms with van der Waals surface area (Å²) in [5.74, 6) is 1.49. The summed E-state index contributed by atoms with van der Waals surface area (Å²) in [6, 6.07) is 18.7. The third kappa shape index (κ3) is 6.73. The molecule has 0 saturated carbocycles. The summed E-state index contributed by atoms with van der Waals surface area (Å²) in [5, 5.41) is 3.47. The minimum Gasteiger partial charge on any atom is -0.497 e. The second-order valence-corrected chi connectivity index (χ2v) is 6.06. The van der Waals surface area contributed by atoms with Gasteiger partial charge in [0.1, 0.15) is 5.75 Å². The van der Waals surface area contributed by atoms with Gasteiger partial charge in [0.15, 0.2) is 0 Å². The molecule has 3 nitrogen and oxygen atoms in total. The summed E-state index contributed by atoms with van der Waals surface area (Å²) in [4.78, 5) is 0. The highest BCUT2D eigenvalue weighted by atomic mass is 16.5. The van der Waals surface area contributed by atoms with E-state index in [1.54, 1.807) is 7.11 Å². The number of hydrogen-bond acceptors (Lipinski definition) is 3. The first kappa shape index (κ1) is 18.5. The zero-order chi connectivity index (χ0) is 17.0. The van der Waals surface area contributed by atoms with Crippen LogP contribution >= 0.6 is 0 Å². The maximum absolute atomic E-state index is 5.86. The number of hydrogen-bond donors (Lipinski definition) is 1. The maximum atomic E-state index is 5.86. The molecule has 0 spiro atoms. The number of nitrogens with one attached hydrogen (secondary N) is 1. The molecule has 2 aromatic carbocycles. The van der Waals surface area contributed by atoms with Gasteiger partial charge < -0.3 is 14.8 Å². The molecule has 0 aromatic heterocycles. The molecule has 0 amide bonds. The standard InChI is InChI=1S/C21H29NO2/c1-3-22-16-20(14-19-10-7-11-21(15-19)23-2)12-13-24-17-18-8-5-4-6-9-18/h4-11,15,20,22H,3,12-14,16-17H2,1-2H3. The zero-order valence-corrected chi connectivity index (χ0v) is 14.8. The van der Waals surface area contributed by atoms with Crippen LogP contribution in [0.3, 0.4) is 0 Å². The lowest BCUT2D eigenvalue weighted by Gasteiger charge is -2.18. The third-order valence-corrected chi connectivity index (χ3v) is 4.12. The van der Waals surface area contributed by atoms with Crippen LogP contribution in [-0.2, 0) is 17.8 Å². The van der Waals surface area contributed by atoms with Gasteiger partial charge in [0.25, 0.3) is 0 Å². The largest absolute Gasteiger partial charge is 0.497 e. The summed E-state index contributed by atoms with van der Waals surface area (Å²) in [7, 11) is 1.71. The van der Waals surface area contributed by atoms with E-state index in [1.165, 1.54) is 11.1 Å². The fourth-order valence-corrected chi connectivity index (χ4v) is 2.77. The molecule has 0 bridgehead atoms. The van der Waals surface area contributed by atoms with Gasteiger partial charge >= 0.3 is 0 Å². The summed E-state index contributed by atoms with van der Waals surface area (Å²) >= 11 is 0. The summed E-state index contributed by atoms with van der Waals surface area (Å²) in [6.45, 7) is 5.64. The Bertz CT molecular complexity index is 571. The van der Waals surface area contributed by atoms with E-state index in [9.17, 15) is 0 Å². The Morgan fingerprint density at radius 1 is 1.00 bits per heavy atom. The minimum absolute atomic E-state index is 0.563. The van der Waals surface area contributed by atoms with Crippen molar-refractivity contribution in [3.05, 3.63) is 65.7 Å². The summed E-state index contributed by atoms with van der Waals surface area (Å²) in [5.41, 5.74) is 2.55. The molecule has 0 aliphatic carbocycles. The third-order valence-electron chi connectivity index (χ3n) is 4.12. The van der Waals surface area contributed by atoms with Gasteiger partial charge in [-0.1, -0.05) is 49.4 Å². The van der Waals surface area contributed by atoms with Crippen LogP contribution in [0.25, 0.3) is 0 Å². The molecular weight excluding hydrogens is 298 g/mol. The van der Waals surface area contributed by atoms with Crippen LogP contribution < -0.4 is 10.1 Å². The van der Waals surface area contributed by atoms with Crippen molar-refractivity contribution in [1.82, 2.24) is 5.32 Å². The first-order valence-corrected chi connectivity index (χ1v) is 8.77. The number of methoxy groups -OCH3 is 1. The zero-order valence-electron chi connectivity index (χ0n) is 14.8. The number of ether oxygens (including phenoxy) is 2. The van der Waals surface area contributed by atoms with Crippen LogP contribution in [0.4, 0.5) is 0 Å². The molecule has 2 rings (SSSR count). The van der Waals surface area contributed by atoms with E-state index in [-0.39, 0.29) is 0 Å². The van der Waals surface area contributed by atoms with Gasteiger partial charge in [-0.25, -0.2) is 0 Å². The highest BCUT2D eigenvalue weighted by molar-refractivity contribution is 5.28. The first-order chi connectivity index (χ1) is 11.8. The molecule has 3 heteroatoms. The van der Waals surface area contributed by atoms with Crippen LogP contribution in [0, 0.1) is 5.92 Å². The molecule has 0 aliphatic rings. The van der Waals surface area contributed by atoms with Crippen LogP contribution in [-0.4, -0.2) is 26.8 Å². The average Bonchev–Trinajstić information content (AvgIpc) is 2.64. The van der Waals surface area contributed by atoms with E-state index in [2.05, 4.69) is 54.7 Å². The van der Waals surface area contributed by atoms with Crippen molar-refractivity contribution >= 4 is 0 Å². The predicted molar refractivity (Wildman–Crippen MR) is 99.4 cm³/mol. The molecule has 1 atom stereocenters. The Morgan fingerprint density at radius 3 is 2.54 bits per heavy atom. The van der Waals surface area contributed by atoms with Crippen LogP contribution in [0.2, 0.25) is 0 Å². The van der Waals surface area contributed by atoms with Crippen LogP contribution in [0.15, 0.2) is 54.6 Å². The maximum Gasteiger partial charge on any atom is 0.119 e. The molecule has 130 valence electrons. The highest BCUT2D eigenvalue weighted by Gasteiger charge is 2.10. The molecule has 24 heavy (non-hydrogen) atoms. The molecule has 0 saturated heterocycles. The van der Waals surface area contributed by atoms with Crippen molar-refractivity contribution in [3.8, 4) is 5.75 Å². The first-order valence-electron chi connectivity index (χ1n) is 8.77. The van der Waals surface area contributed by atoms with Gasteiger partial charge in [0.2, 0.25) is 0 Å². The molecule has 2 aromatic rings. The average molecular weight is 327 g/mol. The van der Waals surface area contributed by atoms with Crippen molar-refractivity contribution < 1.29 is 9.47 Å². The Kier molecular flexibility index (Phi) is 8.36. The monoisotopic (exact) mass is 327 g/mol. The van der Waals surface area contributed by atoms with Crippen LogP contribution in [0.1, 0.15) is 24.5 Å². The molecule has 0 heterocycles. The van der Waals surface area contributed by atoms with Crippen molar-refractivity contribution in [3.63, 3.8) is 0 Å². The number of benzene rings is 2. The Hall–Kier alpha value is -1.84.